The lowest BCUT2D eigenvalue weighted by molar-refractivity contribution is -0.120. The fraction of sp³-hybridized carbons (Fsp3) is 0.562. The quantitative estimate of drug-likeness (QED) is 0.773. The molecule has 1 amide bonds. The van der Waals surface area contributed by atoms with Crippen molar-refractivity contribution in [2.75, 3.05) is 25.6 Å². The largest absolute Gasteiger partial charge is 0.493 e. The van der Waals surface area contributed by atoms with E-state index in [2.05, 4.69) is 19.2 Å². The molecule has 0 saturated heterocycles. The number of nitrogens with one attached hydrogen (secondary N) is 1. The first kappa shape index (κ1) is 17.3. The van der Waals surface area contributed by atoms with Gasteiger partial charge in [-0.3, -0.25) is 4.79 Å². The van der Waals surface area contributed by atoms with Gasteiger partial charge in [0.25, 0.3) is 0 Å². The molecule has 0 aliphatic rings. The Hall–Kier alpha value is -1.75. The van der Waals surface area contributed by atoms with Crippen molar-refractivity contribution in [3.63, 3.8) is 0 Å². The summed E-state index contributed by atoms with van der Waals surface area (Å²) in [6.07, 6.45) is 0.774. The summed E-state index contributed by atoms with van der Waals surface area (Å²) < 4.78 is 10.7. The van der Waals surface area contributed by atoms with Crippen LogP contribution >= 0.6 is 0 Å². The first-order valence-corrected chi connectivity index (χ1v) is 7.33. The minimum atomic E-state index is -0.178. The SMILES string of the molecule is CCOc1ccc(NC(=O)C(CN)CC(C)C)cc1OC. The van der Waals surface area contributed by atoms with Gasteiger partial charge >= 0.3 is 0 Å². The third-order valence-corrected chi connectivity index (χ3v) is 3.14. The molecule has 1 aromatic rings. The van der Waals surface area contributed by atoms with Gasteiger partial charge in [-0.25, -0.2) is 0 Å². The molecule has 0 saturated carbocycles. The lowest BCUT2D eigenvalue weighted by Gasteiger charge is -2.17. The Balaban J connectivity index is 2.80. The number of hydrogen-bond acceptors (Lipinski definition) is 4. The lowest BCUT2D eigenvalue weighted by Crippen LogP contribution is -2.30. The van der Waals surface area contributed by atoms with Gasteiger partial charge in [-0.2, -0.15) is 0 Å². The second kappa shape index (κ2) is 8.52. The minimum Gasteiger partial charge on any atom is -0.493 e. The molecule has 0 radical (unpaired) electrons. The first-order valence-electron chi connectivity index (χ1n) is 7.33. The van der Waals surface area contributed by atoms with E-state index in [1.165, 1.54) is 0 Å². The first-order chi connectivity index (χ1) is 10.0. The highest BCUT2D eigenvalue weighted by Gasteiger charge is 2.18. The van der Waals surface area contributed by atoms with Crippen LogP contribution in [0.5, 0.6) is 11.5 Å². The Morgan fingerprint density at radius 2 is 2.05 bits per heavy atom. The fourth-order valence-electron chi connectivity index (χ4n) is 2.14. The van der Waals surface area contributed by atoms with Gasteiger partial charge in [-0.15, -0.1) is 0 Å². The second-order valence-electron chi connectivity index (χ2n) is 5.35. The van der Waals surface area contributed by atoms with Crippen molar-refractivity contribution < 1.29 is 14.3 Å². The summed E-state index contributed by atoms with van der Waals surface area (Å²) in [4.78, 5) is 12.2. The maximum Gasteiger partial charge on any atom is 0.228 e. The summed E-state index contributed by atoms with van der Waals surface area (Å²) in [5, 5.41) is 2.89. The van der Waals surface area contributed by atoms with Crippen LogP contribution in [0.3, 0.4) is 0 Å². The Morgan fingerprint density at radius 1 is 1.33 bits per heavy atom. The number of benzene rings is 1. The molecular formula is C16H26N2O3. The molecule has 1 aromatic carbocycles. The summed E-state index contributed by atoms with van der Waals surface area (Å²) in [6.45, 7) is 6.97. The topological polar surface area (TPSA) is 73.6 Å². The molecule has 5 nitrogen and oxygen atoms in total. The maximum atomic E-state index is 12.2. The average molecular weight is 294 g/mol. The van der Waals surface area contributed by atoms with Gasteiger partial charge < -0.3 is 20.5 Å². The highest BCUT2D eigenvalue weighted by Crippen LogP contribution is 2.30. The van der Waals surface area contributed by atoms with Crippen LogP contribution in [0.1, 0.15) is 27.2 Å². The molecule has 118 valence electrons. The van der Waals surface area contributed by atoms with Gasteiger partial charge in [-0.1, -0.05) is 13.8 Å². The molecule has 0 spiro atoms. The van der Waals surface area contributed by atoms with Crippen LogP contribution in [0.25, 0.3) is 0 Å². The van der Waals surface area contributed by atoms with Crippen LogP contribution in [0, 0.1) is 11.8 Å². The Labute approximate surface area is 126 Å². The maximum absolute atomic E-state index is 12.2. The molecule has 0 aliphatic heterocycles. The number of amides is 1. The predicted octanol–water partition coefficient (Wildman–Crippen LogP) is 2.65. The number of hydrogen-bond donors (Lipinski definition) is 2. The predicted molar refractivity (Wildman–Crippen MR) is 84.8 cm³/mol. The normalized spacial score (nSPS) is 12.1. The molecule has 1 rings (SSSR count). The highest BCUT2D eigenvalue weighted by molar-refractivity contribution is 5.93. The van der Waals surface area contributed by atoms with E-state index in [-0.39, 0.29) is 11.8 Å². The van der Waals surface area contributed by atoms with Crippen LogP contribution in [0.2, 0.25) is 0 Å². The van der Waals surface area contributed by atoms with Gasteiger partial charge in [0.15, 0.2) is 11.5 Å². The number of rotatable bonds is 8. The second-order valence-corrected chi connectivity index (χ2v) is 5.35. The average Bonchev–Trinajstić information content (AvgIpc) is 2.46. The smallest absolute Gasteiger partial charge is 0.228 e. The Morgan fingerprint density at radius 3 is 2.57 bits per heavy atom. The molecule has 3 N–H and O–H groups in total. The molecule has 5 heteroatoms. The minimum absolute atomic E-state index is 0.0580. The summed E-state index contributed by atoms with van der Waals surface area (Å²) in [5.74, 6) is 1.46. The zero-order valence-electron chi connectivity index (χ0n) is 13.3. The summed E-state index contributed by atoms with van der Waals surface area (Å²) in [5.41, 5.74) is 6.37. The molecule has 1 atom stereocenters. The number of ether oxygens (including phenoxy) is 2. The lowest BCUT2D eigenvalue weighted by atomic mass is 9.96. The van der Waals surface area contributed by atoms with E-state index in [1.807, 2.05) is 6.92 Å². The van der Waals surface area contributed by atoms with Crippen LogP contribution in [0.15, 0.2) is 18.2 Å². The van der Waals surface area contributed by atoms with E-state index in [9.17, 15) is 4.79 Å². The van der Waals surface area contributed by atoms with Crippen molar-refractivity contribution in [2.24, 2.45) is 17.6 Å². The van der Waals surface area contributed by atoms with Gasteiger partial charge in [0.2, 0.25) is 5.91 Å². The molecular weight excluding hydrogens is 268 g/mol. The van der Waals surface area contributed by atoms with Gasteiger partial charge in [0.1, 0.15) is 0 Å². The molecule has 0 aliphatic carbocycles. The summed E-state index contributed by atoms with van der Waals surface area (Å²) in [7, 11) is 1.57. The molecule has 21 heavy (non-hydrogen) atoms. The zero-order chi connectivity index (χ0) is 15.8. The van der Waals surface area contributed by atoms with E-state index in [1.54, 1.807) is 25.3 Å². The van der Waals surface area contributed by atoms with Crippen LogP contribution in [-0.2, 0) is 4.79 Å². The van der Waals surface area contributed by atoms with Crippen molar-refractivity contribution in [3.05, 3.63) is 18.2 Å². The number of carbonyl (C=O) groups is 1. The molecule has 0 fully saturated rings. The zero-order valence-corrected chi connectivity index (χ0v) is 13.3. The van der Waals surface area contributed by atoms with Crippen molar-refractivity contribution in [1.82, 2.24) is 0 Å². The molecule has 0 aromatic heterocycles. The third kappa shape index (κ3) is 5.27. The molecule has 0 bridgehead atoms. The van der Waals surface area contributed by atoms with Gasteiger partial charge in [0, 0.05) is 18.3 Å². The van der Waals surface area contributed by atoms with E-state index in [0.29, 0.717) is 36.3 Å². The summed E-state index contributed by atoms with van der Waals surface area (Å²) in [6, 6.07) is 5.35. The third-order valence-electron chi connectivity index (χ3n) is 3.14. The standard InChI is InChI=1S/C16H26N2O3/c1-5-21-14-7-6-13(9-15(14)20-4)18-16(19)12(10-17)8-11(2)3/h6-7,9,11-12H,5,8,10,17H2,1-4H3,(H,18,19). The van der Waals surface area contributed by atoms with Crippen molar-refractivity contribution >= 4 is 11.6 Å². The van der Waals surface area contributed by atoms with E-state index in [4.69, 9.17) is 15.2 Å². The van der Waals surface area contributed by atoms with E-state index >= 15 is 0 Å². The van der Waals surface area contributed by atoms with Crippen molar-refractivity contribution in [2.45, 2.75) is 27.2 Å². The van der Waals surface area contributed by atoms with Crippen molar-refractivity contribution in [1.29, 1.82) is 0 Å². The Kier molecular flexibility index (Phi) is 7.02. The Bertz CT molecular complexity index is 461. The van der Waals surface area contributed by atoms with E-state index < -0.39 is 0 Å². The molecule has 0 heterocycles. The fourth-order valence-corrected chi connectivity index (χ4v) is 2.14. The van der Waals surface area contributed by atoms with Gasteiger partial charge in [0.05, 0.1) is 19.6 Å². The molecule has 1 unspecified atom stereocenters. The number of methoxy groups -OCH3 is 1. The summed E-state index contributed by atoms with van der Waals surface area (Å²) >= 11 is 0. The van der Waals surface area contributed by atoms with Crippen molar-refractivity contribution in [3.8, 4) is 11.5 Å². The van der Waals surface area contributed by atoms with Gasteiger partial charge in [-0.05, 0) is 31.4 Å². The monoisotopic (exact) mass is 294 g/mol. The number of carbonyl (C=O) groups excluding carboxylic acids is 1. The van der Waals surface area contributed by atoms with Crippen LogP contribution in [0.4, 0.5) is 5.69 Å². The van der Waals surface area contributed by atoms with Crippen LogP contribution in [-0.4, -0.2) is 26.2 Å². The highest BCUT2D eigenvalue weighted by atomic mass is 16.5. The number of nitrogens with two attached hydrogens (primary N) is 1. The van der Waals surface area contributed by atoms with Crippen LogP contribution < -0.4 is 20.5 Å². The van der Waals surface area contributed by atoms with E-state index in [0.717, 1.165) is 6.42 Å². The number of anilines is 1.